The summed E-state index contributed by atoms with van der Waals surface area (Å²) in [5.41, 5.74) is 2.12. The van der Waals surface area contributed by atoms with Crippen molar-refractivity contribution in [2.24, 2.45) is 5.92 Å². The van der Waals surface area contributed by atoms with Crippen LogP contribution in [0.2, 0.25) is 0 Å². The molecule has 2 atom stereocenters. The molecule has 3 heteroatoms. The number of carbonyl (C=O) groups is 1. The Bertz CT molecular complexity index is 360. The summed E-state index contributed by atoms with van der Waals surface area (Å²) in [5.74, 6) is -1.11. The molecule has 88 valence electrons. The summed E-state index contributed by atoms with van der Waals surface area (Å²) in [6, 6.07) is 7.89. The maximum Gasteiger partial charge on any atom is 0.306 e. The van der Waals surface area contributed by atoms with Crippen LogP contribution in [0.5, 0.6) is 0 Å². The van der Waals surface area contributed by atoms with E-state index in [1.807, 2.05) is 31.2 Å². The predicted molar refractivity (Wildman–Crippen MR) is 62.4 cm³/mol. The van der Waals surface area contributed by atoms with Crippen LogP contribution in [0.15, 0.2) is 24.3 Å². The van der Waals surface area contributed by atoms with E-state index < -0.39 is 5.97 Å². The lowest BCUT2D eigenvalue weighted by Gasteiger charge is -2.12. The number of benzene rings is 1. The Hall–Kier alpha value is -1.35. The maximum absolute atomic E-state index is 10.8. The zero-order valence-corrected chi connectivity index (χ0v) is 9.93. The van der Waals surface area contributed by atoms with E-state index in [2.05, 4.69) is 0 Å². The van der Waals surface area contributed by atoms with Gasteiger partial charge in [0.25, 0.3) is 0 Å². The summed E-state index contributed by atoms with van der Waals surface area (Å²) in [7, 11) is 1.66. The third kappa shape index (κ3) is 3.35. The minimum Gasteiger partial charge on any atom is -0.481 e. The molecule has 0 amide bonds. The molecule has 1 aromatic rings. The van der Waals surface area contributed by atoms with Crippen LogP contribution in [-0.4, -0.2) is 18.2 Å². The van der Waals surface area contributed by atoms with E-state index in [0.717, 1.165) is 11.1 Å². The van der Waals surface area contributed by atoms with Gasteiger partial charge in [-0.2, -0.15) is 0 Å². The fraction of sp³-hybridized carbons (Fsp3) is 0.462. The van der Waals surface area contributed by atoms with Crippen LogP contribution in [0, 0.1) is 5.92 Å². The summed E-state index contributed by atoms with van der Waals surface area (Å²) in [4.78, 5) is 10.8. The van der Waals surface area contributed by atoms with Crippen molar-refractivity contribution in [3.8, 4) is 0 Å². The van der Waals surface area contributed by atoms with E-state index >= 15 is 0 Å². The summed E-state index contributed by atoms with van der Waals surface area (Å²) in [5, 5.41) is 8.84. The molecule has 0 saturated carbocycles. The van der Waals surface area contributed by atoms with E-state index in [-0.39, 0.29) is 12.0 Å². The van der Waals surface area contributed by atoms with Crippen molar-refractivity contribution < 1.29 is 14.6 Å². The molecule has 0 aliphatic carbocycles. The summed E-state index contributed by atoms with van der Waals surface area (Å²) in [6.45, 7) is 3.69. The Kier molecular flexibility index (Phi) is 4.50. The van der Waals surface area contributed by atoms with Crippen LogP contribution >= 0.6 is 0 Å². The number of carboxylic acids is 1. The zero-order chi connectivity index (χ0) is 12.1. The SMILES string of the molecule is COC(C)c1cccc(CC(C)C(=O)O)c1. The quantitative estimate of drug-likeness (QED) is 0.833. The van der Waals surface area contributed by atoms with Crippen LogP contribution in [0.25, 0.3) is 0 Å². The van der Waals surface area contributed by atoms with Crippen LogP contribution in [0.4, 0.5) is 0 Å². The highest BCUT2D eigenvalue weighted by atomic mass is 16.5. The first-order valence-corrected chi connectivity index (χ1v) is 5.39. The van der Waals surface area contributed by atoms with Gasteiger partial charge in [-0.1, -0.05) is 31.2 Å². The summed E-state index contributed by atoms with van der Waals surface area (Å²) < 4.78 is 5.23. The number of hydrogen-bond acceptors (Lipinski definition) is 2. The third-order valence-electron chi connectivity index (χ3n) is 2.74. The van der Waals surface area contributed by atoms with Gasteiger partial charge in [0.05, 0.1) is 12.0 Å². The van der Waals surface area contributed by atoms with Gasteiger partial charge in [0, 0.05) is 7.11 Å². The number of rotatable bonds is 5. The van der Waals surface area contributed by atoms with E-state index in [9.17, 15) is 4.79 Å². The molecule has 0 bridgehead atoms. The van der Waals surface area contributed by atoms with Crippen molar-refractivity contribution in [1.82, 2.24) is 0 Å². The minimum absolute atomic E-state index is 0.0417. The Morgan fingerprint density at radius 3 is 2.69 bits per heavy atom. The normalized spacial score (nSPS) is 14.4. The van der Waals surface area contributed by atoms with Gasteiger partial charge in [-0.25, -0.2) is 0 Å². The smallest absolute Gasteiger partial charge is 0.306 e. The highest BCUT2D eigenvalue weighted by Gasteiger charge is 2.12. The number of methoxy groups -OCH3 is 1. The molecule has 0 spiro atoms. The Balaban J connectivity index is 2.78. The first-order valence-electron chi connectivity index (χ1n) is 5.39. The molecule has 16 heavy (non-hydrogen) atoms. The molecule has 0 fully saturated rings. The van der Waals surface area contributed by atoms with E-state index in [1.54, 1.807) is 14.0 Å². The molecule has 0 aliphatic rings. The fourth-order valence-corrected chi connectivity index (χ4v) is 1.55. The van der Waals surface area contributed by atoms with Gasteiger partial charge in [0.2, 0.25) is 0 Å². The van der Waals surface area contributed by atoms with Crippen LogP contribution in [0.1, 0.15) is 31.1 Å². The maximum atomic E-state index is 10.8. The highest BCUT2D eigenvalue weighted by Crippen LogP contribution is 2.18. The van der Waals surface area contributed by atoms with Crippen molar-refractivity contribution in [2.45, 2.75) is 26.4 Å². The van der Waals surface area contributed by atoms with Gasteiger partial charge >= 0.3 is 5.97 Å². The summed E-state index contributed by atoms with van der Waals surface area (Å²) >= 11 is 0. The standard InChI is InChI=1S/C13H18O3/c1-9(13(14)15)7-11-5-4-6-12(8-11)10(2)16-3/h4-6,8-10H,7H2,1-3H3,(H,14,15). The van der Waals surface area contributed by atoms with Gasteiger partial charge in [-0.15, -0.1) is 0 Å². The van der Waals surface area contributed by atoms with Gasteiger partial charge in [-0.3, -0.25) is 4.79 Å². The minimum atomic E-state index is -0.759. The van der Waals surface area contributed by atoms with Gasteiger partial charge < -0.3 is 9.84 Å². The first-order chi connectivity index (χ1) is 7.54. The molecule has 1 rings (SSSR count). The average Bonchev–Trinajstić information content (AvgIpc) is 2.28. The van der Waals surface area contributed by atoms with Crippen molar-refractivity contribution in [3.05, 3.63) is 35.4 Å². The number of hydrogen-bond donors (Lipinski definition) is 1. The first kappa shape index (κ1) is 12.7. The second-order valence-electron chi connectivity index (χ2n) is 4.07. The fourth-order valence-electron chi connectivity index (χ4n) is 1.55. The average molecular weight is 222 g/mol. The molecule has 0 aliphatic heterocycles. The number of ether oxygens (including phenoxy) is 1. The molecule has 2 unspecified atom stereocenters. The highest BCUT2D eigenvalue weighted by molar-refractivity contribution is 5.69. The summed E-state index contributed by atoms with van der Waals surface area (Å²) in [6.07, 6.45) is 0.597. The van der Waals surface area contributed by atoms with Gasteiger partial charge in [-0.05, 0) is 24.5 Å². The molecule has 0 heterocycles. The van der Waals surface area contributed by atoms with Crippen molar-refractivity contribution >= 4 is 5.97 Å². The molecule has 0 saturated heterocycles. The number of carboxylic acid groups (broad SMARTS) is 1. The molecule has 0 radical (unpaired) electrons. The molecular weight excluding hydrogens is 204 g/mol. The van der Waals surface area contributed by atoms with Crippen molar-refractivity contribution in [2.75, 3.05) is 7.11 Å². The van der Waals surface area contributed by atoms with Crippen LogP contribution in [0.3, 0.4) is 0 Å². The molecule has 1 aromatic carbocycles. The van der Waals surface area contributed by atoms with Crippen LogP contribution < -0.4 is 0 Å². The molecule has 0 aromatic heterocycles. The monoisotopic (exact) mass is 222 g/mol. The Morgan fingerprint density at radius 2 is 2.12 bits per heavy atom. The van der Waals surface area contributed by atoms with E-state index in [0.29, 0.717) is 6.42 Å². The topological polar surface area (TPSA) is 46.5 Å². The second kappa shape index (κ2) is 5.66. The molecule has 3 nitrogen and oxygen atoms in total. The van der Waals surface area contributed by atoms with Crippen molar-refractivity contribution in [1.29, 1.82) is 0 Å². The van der Waals surface area contributed by atoms with Crippen LogP contribution in [-0.2, 0) is 16.0 Å². The molecule has 1 N–H and O–H groups in total. The van der Waals surface area contributed by atoms with Crippen molar-refractivity contribution in [3.63, 3.8) is 0 Å². The number of aliphatic carboxylic acids is 1. The lowest BCUT2D eigenvalue weighted by molar-refractivity contribution is -0.141. The van der Waals surface area contributed by atoms with E-state index in [4.69, 9.17) is 9.84 Å². The van der Waals surface area contributed by atoms with E-state index in [1.165, 1.54) is 0 Å². The van der Waals surface area contributed by atoms with Gasteiger partial charge in [0.15, 0.2) is 0 Å². The molecular formula is C13H18O3. The second-order valence-corrected chi connectivity index (χ2v) is 4.07. The third-order valence-corrected chi connectivity index (χ3v) is 2.74. The van der Waals surface area contributed by atoms with Gasteiger partial charge in [0.1, 0.15) is 0 Å². The lowest BCUT2D eigenvalue weighted by atomic mass is 9.98. The predicted octanol–water partition coefficient (Wildman–Crippen LogP) is 2.66. The zero-order valence-electron chi connectivity index (χ0n) is 9.93. The lowest BCUT2D eigenvalue weighted by Crippen LogP contribution is -2.12. The Morgan fingerprint density at radius 1 is 1.44 bits per heavy atom. The Labute approximate surface area is 96.1 Å². The largest absolute Gasteiger partial charge is 0.481 e.